The summed E-state index contributed by atoms with van der Waals surface area (Å²) in [5, 5.41) is 3.62. The topological polar surface area (TPSA) is 41.6 Å². The number of fused-ring (bicyclic) bond motifs is 1. The monoisotopic (exact) mass is 418 g/mol. The number of carbonyl (C=O) groups excluding carboxylic acids is 1. The Kier molecular flexibility index (Phi) is 5.51. The van der Waals surface area contributed by atoms with Crippen molar-refractivity contribution in [2.24, 2.45) is 11.3 Å². The largest absolute Gasteiger partial charge is 0.493 e. The minimum absolute atomic E-state index is 0.0890. The van der Waals surface area contributed by atoms with Crippen molar-refractivity contribution in [2.75, 3.05) is 20.2 Å². The first-order chi connectivity index (χ1) is 15.0. The zero-order chi connectivity index (χ0) is 21.4. The molecule has 3 aliphatic rings. The van der Waals surface area contributed by atoms with Gasteiger partial charge in [0.05, 0.1) is 6.61 Å². The third-order valence-electron chi connectivity index (χ3n) is 7.32. The lowest BCUT2D eigenvalue weighted by Gasteiger charge is -2.24. The minimum Gasteiger partial charge on any atom is -0.493 e. The Morgan fingerprint density at radius 1 is 1.10 bits per heavy atom. The van der Waals surface area contributed by atoms with Crippen LogP contribution in [0, 0.1) is 11.3 Å². The standard InChI is InChI=1S/C27H34N2O2/c1-27(11-12-27)18-28-16-20-5-6-22-14-24(15-23(22)13-20)29(2)26(30)21-7-9-25(10-8-21)31-17-19-3-4-19/h5-10,13,19,24,28H,3-4,11-12,14-18H2,1-2H3/t24-/m1/s1. The molecule has 0 spiro atoms. The molecule has 0 radical (unpaired) electrons. The lowest BCUT2D eigenvalue weighted by atomic mass is 10.1. The van der Waals surface area contributed by atoms with Crippen LogP contribution >= 0.6 is 0 Å². The number of amides is 1. The molecule has 0 unspecified atom stereocenters. The van der Waals surface area contributed by atoms with Crippen molar-refractivity contribution >= 4 is 5.91 Å². The zero-order valence-corrected chi connectivity index (χ0v) is 18.8. The number of nitrogens with one attached hydrogen (secondary N) is 1. The third kappa shape index (κ3) is 4.95. The Hall–Kier alpha value is -2.33. The normalized spacial score (nSPS) is 20.9. The number of ether oxygens (including phenoxy) is 1. The van der Waals surface area contributed by atoms with Crippen LogP contribution in [0.5, 0.6) is 5.75 Å². The molecule has 31 heavy (non-hydrogen) atoms. The molecule has 4 heteroatoms. The maximum absolute atomic E-state index is 13.1. The van der Waals surface area contributed by atoms with Gasteiger partial charge in [0.15, 0.2) is 0 Å². The molecule has 4 nitrogen and oxygen atoms in total. The minimum atomic E-state index is 0.0890. The fourth-order valence-corrected chi connectivity index (χ4v) is 4.49. The highest BCUT2D eigenvalue weighted by atomic mass is 16.5. The second-order valence-electron chi connectivity index (χ2n) is 10.3. The molecule has 1 amide bonds. The summed E-state index contributed by atoms with van der Waals surface area (Å²) < 4.78 is 5.80. The highest BCUT2D eigenvalue weighted by Gasteiger charge is 2.36. The third-order valence-corrected chi connectivity index (χ3v) is 7.32. The van der Waals surface area contributed by atoms with Crippen molar-refractivity contribution in [2.45, 2.75) is 58.0 Å². The molecule has 2 fully saturated rings. The molecule has 1 atom stereocenters. The molecule has 0 aromatic heterocycles. The maximum atomic E-state index is 13.1. The molecule has 0 bridgehead atoms. The van der Waals surface area contributed by atoms with E-state index in [1.165, 1.54) is 42.4 Å². The van der Waals surface area contributed by atoms with Crippen LogP contribution in [-0.4, -0.2) is 37.0 Å². The summed E-state index contributed by atoms with van der Waals surface area (Å²) in [5.41, 5.74) is 5.39. The number of likely N-dealkylation sites (N-methyl/N-ethyl adjacent to an activating group) is 1. The molecule has 5 rings (SSSR count). The lowest BCUT2D eigenvalue weighted by Crippen LogP contribution is -2.37. The van der Waals surface area contributed by atoms with Crippen LogP contribution in [0.15, 0.2) is 42.5 Å². The van der Waals surface area contributed by atoms with E-state index in [9.17, 15) is 4.79 Å². The van der Waals surface area contributed by atoms with Crippen LogP contribution in [-0.2, 0) is 19.4 Å². The van der Waals surface area contributed by atoms with Crippen LogP contribution in [0.4, 0.5) is 0 Å². The van der Waals surface area contributed by atoms with Gasteiger partial charge < -0.3 is 15.0 Å². The van der Waals surface area contributed by atoms with Gasteiger partial charge in [-0.25, -0.2) is 0 Å². The smallest absolute Gasteiger partial charge is 0.253 e. The van der Waals surface area contributed by atoms with Gasteiger partial charge in [-0.1, -0.05) is 25.1 Å². The summed E-state index contributed by atoms with van der Waals surface area (Å²) in [6.45, 7) is 5.19. The average Bonchev–Trinajstić information content (AvgIpc) is 3.70. The summed E-state index contributed by atoms with van der Waals surface area (Å²) in [5.74, 6) is 1.68. The van der Waals surface area contributed by atoms with E-state index >= 15 is 0 Å². The van der Waals surface area contributed by atoms with Gasteiger partial charge in [0, 0.05) is 31.7 Å². The quantitative estimate of drug-likeness (QED) is 0.647. The highest BCUT2D eigenvalue weighted by molar-refractivity contribution is 5.94. The van der Waals surface area contributed by atoms with Crippen molar-refractivity contribution in [3.05, 3.63) is 64.7 Å². The SMILES string of the molecule is CN(C(=O)c1ccc(OCC2CC2)cc1)[C@@H]1Cc2ccc(CNCC3(C)CC3)cc2C1. The number of hydrogen-bond acceptors (Lipinski definition) is 3. The molecule has 0 heterocycles. The molecule has 1 N–H and O–H groups in total. The summed E-state index contributed by atoms with van der Waals surface area (Å²) in [6, 6.07) is 14.7. The fourth-order valence-electron chi connectivity index (χ4n) is 4.49. The van der Waals surface area contributed by atoms with Crippen molar-refractivity contribution in [1.29, 1.82) is 0 Å². The van der Waals surface area contributed by atoms with Crippen LogP contribution in [0.25, 0.3) is 0 Å². The Bertz CT molecular complexity index is 944. The summed E-state index contributed by atoms with van der Waals surface area (Å²) in [7, 11) is 1.94. The number of benzene rings is 2. The van der Waals surface area contributed by atoms with Crippen LogP contribution in [0.2, 0.25) is 0 Å². The van der Waals surface area contributed by atoms with Gasteiger partial charge in [-0.15, -0.1) is 0 Å². The van der Waals surface area contributed by atoms with Gasteiger partial charge in [0.25, 0.3) is 5.91 Å². The number of carbonyl (C=O) groups is 1. The number of nitrogens with zero attached hydrogens (tertiary/aromatic N) is 1. The zero-order valence-electron chi connectivity index (χ0n) is 18.8. The van der Waals surface area contributed by atoms with Gasteiger partial charge in [0.2, 0.25) is 0 Å². The first-order valence-electron chi connectivity index (χ1n) is 11.8. The fraction of sp³-hybridized carbons (Fsp3) is 0.519. The van der Waals surface area contributed by atoms with E-state index in [2.05, 4.69) is 30.4 Å². The predicted molar refractivity (Wildman–Crippen MR) is 123 cm³/mol. The molecular weight excluding hydrogens is 384 g/mol. The van der Waals surface area contributed by atoms with E-state index in [0.717, 1.165) is 49.8 Å². The number of hydrogen-bond donors (Lipinski definition) is 1. The Balaban J connectivity index is 1.16. The molecule has 3 aliphatic carbocycles. The van der Waals surface area contributed by atoms with Gasteiger partial charge >= 0.3 is 0 Å². The Labute approximate surface area is 186 Å². The first-order valence-corrected chi connectivity index (χ1v) is 11.8. The molecule has 2 aromatic carbocycles. The maximum Gasteiger partial charge on any atom is 0.253 e. The summed E-state index contributed by atoms with van der Waals surface area (Å²) in [6.07, 6.45) is 7.13. The summed E-state index contributed by atoms with van der Waals surface area (Å²) >= 11 is 0. The highest BCUT2D eigenvalue weighted by Crippen LogP contribution is 2.44. The Morgan fingerprint density at radius 3 is 2.55 bits per heavy atom. The average molecular weight is 419 g/mol. The molecular formula is C27H34N2O2. The van der Waals surface area contributed by atoms with E-state index in [-0.39, 0.29) is 11.9 Å². The van der Waals surface area contributed by atoms with Crippen LogP contribution < -0.4 is 10.1 Å². The Morgan fingerprint density at radius 2 is 1.84 bits per heavy atom. The van der Waals surface area contributed by atoms with Crippen molar-refractivity contribution in [3.63, 3.8) is 0 Å². The van der Waals surface area contributed by atoms with Crippen LogP contribution in [0.3, 0.4) is 0 Å². The molecule has 2 saturated carbocycles. The van der Waals surface area contributed by atoms with Gasteiger partial charge in [-0.3, -0.25) is 4.79 Å². The predicted octanol–water partition coefficient (Wildman–Crippen LogP) is 4.60. The van der Waals surface area contributed by atoms with Crippen molar-refractivity contribution in [3.8, 4) is 5.75 Å². The van der Waals surface area contributed by atoms with Gasteiger partial charge in [-0.2, -0.15) is 0 Å². The second-order valence-corrected chi connectivity index (χ2v) is 10.3. The molecule has 0 saturated heterocycles. The first kappa shape index (κ1) is 20.6. The van der Waals surface area contributed by atoms with E-state index in [4.69, 9.17) is 4.74 Å². The van der Waals surface area contributed by atoms with Crippen LogP contribution in [0.1, 0.15) is 59.7 Å². The van der Waals surface area contributed by atoms with Gasteiger partial charge in [0.1, 0.15) is 5.75 Å². The molecule has 164 valence electrons. The van der Waals surface area contributed by atoms with E-state index in [1.54, 1.807) is 0 Å². The van der Waals surface area contributed by atoms with E-state index in [1.807, 2.05) is 36.2 Å². The van der Waals surface area contributed by atoms with E-state index < -0.39 is 0 Å². The lowest BCUT2D eigenvalue weighted by molar-refractivity contribution is 0.0737. The van der Waals surface area contributed by atoms with Crippen molar-refractivity contribution in [1.82, 2.24) is 10.2 Å². The number of rotatable bonds is 9. The molecule has 0 aliphatic heterocycles. The second kappa shape index (κ2) is 8.31. The van der Waals surface area contributed by atoms with E-state index in [0.29, 0.717) is 5.41 Å². The van der Waals surface area contributed by atoms with Gasteiger partial charge in [-0.05, 0) is 90.8 Å². The van der Waals surface area contributed by atoms with Crippen molar-refractivity contribution < 1.29 is 9.53 Å². The molecule has 2 aromatic rings. The summed E-state index contributed by atoms with van der Waals surface area (Å²) in [4.78, 5) is 15.0.